The molecule has 1 amide bonds. The first-order valence-corrected chi connectivity index (χ1v) is 11.3. The Labute approximate surface area is 182 Å². The zero-order valence-electron chi connectivity index (χ0n) is 18.2. The molecular weight excluding hydrogens is 390 g/mol. The zero-order valence-corrected chi connectivity index (χ0v) is 18.2. The van der Waals surface area contributed by atoms with Crippen LogP contribution in [0.25, 0.3) is 0 Å². The molecule has 5 rings (SSSR count). The summed E-state index contributed by atoms with van der Waals surface area (Å²) in [7, 11) is 0. The Morgan fingerprint density at radius 3 is 2.55 bits per heavy atom. The van der Waals surface area contributed by atoms with Gasteiger partial charge in [-0.15, -0.1) is 0 Å². The number of ether oxygens (including phenoxy) is 1. The average molecular weight is 420 g/mol. The fraction of sp³-hybridized carbons (Fsp3) is 0.500. The Balaban J connectivity index is 1.44. The molecule has 1 aromatic carbocycles. The van der Waals surface area contributed by atoms with Gasteiger partial charge in [0, 0.05) is 17.3 Å². The van der Waals surface area contributed by atoms with Crippen molar-refractivity contribution in [2.45, 2.75) is 70.6 Å². The SMILES string of the molecule is CC(C)N1Cc2c(Nc3ccc(C4CCCCC4)cc3)nc(C3CN=CO3)nc2C1=O. The molecule has 1 aliphatic carbocycles. The van der Waals surface area contributed by atoms with Crippen LogP contribution in [0.5, 0.6) is 0 Å². The quantitative estimate of drug-likeness (QED) is 0.758. The molecule has 3 aliphatic rings. The van der Waals surface area contributed by atoms with Gasteiger partial charge in [-0.1, -0.05) is 31.4 Å². The summed E-state index contributed by atoms with van der Waals surface area (Å²) >= 11 is 0. The predicted molar refractivity (Wildman–Crippen MR) is 120 cm³/mol. The normalized spacial score (nSPS) is 20.9. The summed E-state index contributed by atoms with van der Waals surface area (Å²) < 4.78 is 5.53. The van der Waals surface area contributed by atoms with Gasteiger partial charge in [-0.05, 0) is 50.3 Å². The van der Waals surface area contributed by atoms with Crippen LogP contribution in [0.4, 0.5) is 11.5 Å². The summed E-state index contributed by atoms with van der Waals surface area (Å²) in [5.74, 6) is 1.80. The standard InChI is InChI=1S/C24H29N5O2/c1-15(2)29-13-19-21(24(29)30)27-23(20-12-25-14-31-20)28-22(19)26-18-10-8-17(9-11-18)16-6-4-3-5-7-16/h8-11,14-16,20H,3-7,12-13H2,1-2H3,(H,26,27,28). The van der Waals surface area contributed by atoms with Gasteiger partial charge in [-0.2, -0.15) is 0 Å². The summed E-state index contributed by atoms with van der Waals surface area (Å²) in [5, 5.41) is 3.45. The highest BCUT2D eigenvalue weighted by Crippen LogP contribution is 2.35. The second-order valence-electron chi connectivity index (χ2n) is 8.96. The summed E-state index contributed by atoms with van der Waals surface area (Å²) in [6.07, 6.45) is 7.67. The first-order valence-electron chi connectivity index (χ1n) is 11.3. The van der Waals surface area contributed by atoms with Crippen molar-refractivity contribution in [2.75, 3.05) is 11.9 Å². The zero-order chi connectivity index (χ0) is 21.4. The van der Waals surface area contributed by atoms with Crippen molar-refractivity contribution in [1.82, 2.24) is 14.9 Å². The van der Waals surface area contributed by atoms with E-state index in [0.717, 1.165) is 11.3 Å². The largest absolute Gasteiger partial charge is 0.470 e. The number of fused-ring (bicyclic) bond motifs is 1. The van der Waals surface area contributed by atoms with Crippen molar-refractivity contribution in [3.05, 3.63) is 46.9 Å². The third kappa shape index (κ3) is 3.89. The molecule has 7 heteroatoms. The van der Waals surface area contributed by atoms with Gasteiger partial charge in [0.25, 0.3) is 5.91 Å². The lowest BCUT2D eigenvalue weighted by atomic mass is 9.84. The molecule has 162 valence electrons. The van der Waals surface area contributed by atoms with E-state index in [1.807, 2.05) is 18.7 Å². The maximum atomic E-state index is 13.0. The van der Waals surface area contributed by atoms with Gasteiger partial charge in [-0.25, -0.2) is 9.97 Å². The van der Waals surface area contributed by atoms with E-state index in [1.54, 1.807) is 0 Å². The smallest absolute Gasteiger partial charge is 0.273 e. The monoisotopic (exact) mass is 419 g/mol. The van der Waals surface area contributed by atoms with Gasteiger partial charge in [0.05, 0.1) is 13.1 Å². The molecule has 0 bridgehead atoms. The van der Waals surface area contributed by atoms with E-state index in [1.165, 1.54) is 44.1 Å². The Morgan fingerprint density at radius 2 is 1.87 bits per heavy atom. The fourth-order valence-electron chi connectivity index (χ4n) is 4.72. The summed E-state index contributed by atoms with van der Waals surface area (Å²) in [4.78, 5) is 28.2. The minimum Gasteiger partial charge on any atom is -0.470 e. The number of amides is 1. The fourth-order valence-corrected chi connectivity index (χ4v) is 4.72. The minimum atomic E-state index is -0.347. The number of hydrogen-bond acceptors (Lipinski definition) is 6. The van der Waals surface area contributed by atoms with E-state index in [0.29, 0.717) is 36.3 Å². The number of carbonyl (C=O) groups excluding carboxylic acids is 1. The van der Waals surface area contributed by atoms with Crippen LogP contribution in [0.1, 0.15) is 85.4 Å². The molecule has 1 unspecified atom stereocenters. The van der Waals surface area contributed by atoms with Crippen molar-refractivity contribution in [3.63, 3.8) is 0 Å². The lowest BCUT2D eigenvalue weighted by Gasteiger charge is -2.22. The molecule has 7 nitrogen and oxygen atoms in total. The number of aliphatic imine (C=N–C) groups is 1. The van der Waals surface area contributed by atoms with Crippen LogP contribution >= 0.6 is 0 Å². The van der Waals surface area contributed by atoms with Gasteiger partial charge in [0.1, 0.15) is 11.5 Å². The van der Waals surface area contributed by atoms with Gasteiger partial charge in [0.2, 0.25) is 0 Å². The van der Waals surface area contributed by atoms with Crippen LogP contribution in [0, 0.1) is 0 Å². The maximum Gasteiger partial charge on any atom is 0.273 e. The Morgan fingerprint density at radius 1 is 1.10 bits per heavy atom. The van der Waals surface area contributed by atoms with Crippen LogP contribution in [0.3, 0.4) is 0 Å². The molecule has 1 fully saturated rings. The highest BCUT2D eigenvalue weighted by Gasteiger charge is 2.35. The molecule has 31 heavy (non-hydrogen) atoms. The highest BCUT2D eigenvalue weighted by molar-refractivity contribution is 5.98. The van der Waals surface area contributed by atoms with E-state index in [2.05, 4.69) is 39.6 Å². The van der Waals surface area contributed by atoms with Crippen molar-refractivity contribution in [3.8, 4) is 0 Å². The van der Waals surface area contributed by atoms with E-state index >= 15 is 0 Å². The van der Waals surface area contributed by atoms with Crippen LogP contribution in [-0.4, -0.2) is 39.8 Å². The number of carbonyl (C=O) groups is 1. The van der Waals surface area contributed by atoms with E-state index in [4.69, 9.17) is 9.72 Å². The van der Waals surface area contributed by atoms with Crippen molar-refractivity contribution < 1.29 is 9.53 Å². The predicted octanol–water partition coefficient (Wildman–Crippen LogP) is 4.73. The lowest BCUT2D eigenvalue weighted by molar-refractivity contribution is 0.0726. The van der Waals surface area contributed by atoms with E-state index in [-0.39, 0.29) is 18.1 Å². The molecule has 2 aromatic rings. The number of aromatic nitrogens is 2. The molecule has 1 atom stereocenters. The van der Waals surface area contributed by atoms with Crippen molar-refractivity contribution in [2.24, 2.45) is 4.99 Å². The van der Waals surface area contributed by atoms with Gasteiger partial charge in [-0.3, -0.25) is 9.79 Å². The van der Waals surface area contributed by atoms with Crippen molar-refractivity contribution in [1.29, 1.82) is 0 Å². The Hall–Kier alpha value is -2.96. The van der Waals surface area contributed by atoms with Crippen molar-refractivity contribution >= 4 is 23.8 Å². The number of benzene rings is 1. The Kier molecular flexibility index (Phi) is 5.34. The van der Waals surface area contributed by atoms with Crippen LogP contribution < -0.4 is 5.32 Å². The van der Waals surface area contributed by atoms with E-state index < -0.39 is 0 Å². The molecule has 1 N–H and O–H groups in total. The minimum absolute atomic E-state index is 0.0525. The summed E-state index contributed by atoms with van der Waals surface area (Å²) in [6.45, 7) is 5.01. The van der Waals surface area contributed by atoms with Gasteiger partial charge in [0.15, 0.2) is 18.3 Å². The molecular formula is C24H29N5O2. The Bertz CT molecular complexity index is 988. The third-order valence-corrected chi connectivity index (χ3v) is 6.55. The first kappa shape index (κ1) is 20.0. The van der Waals surface area contributed by atoms with Gasteiger partial charge >= 0.3 is 0 Å². The number of hydrogen-bond donors (Lipinski definition) is 1. The number of anilines is 2. The number of nitrogens with one attached hydrogen (secondary N) is 1. The second-order valence-corrected chi connectivity index (χ2v) is 8.96. The third-order valence-electron chi connectivity index (χ3n) is 6.55. The molecule has 1 aromatic heterocycles. The number of rotatable bonds is 5. The van der Waals surface area contributed by atoms with Crippen LogP contribution in [0.2, 0.25) is 0 Å². The average Bonchev–Trinajstić information content (AvgIpc) is 3.44. The molecule has 0 spiro atoms. The topological polar surface area (TPSA) is 79.7 Å². The molecule has 2 aliphatic heterocycles. The summed E-state index contributed by atoms with van der Waals surface area (Å²) in [6, 6.07) is 8.77. The van der Waals surface area contributed by atoms with E-state index in [9.17, 15) is 4.79 Å². The lowest BCUT2D eigenvalue weighted by Crippen LogP contribution is -2.31. The number of nitrogens with zero attached hydrogens (tertiary/aromatic N) is 4. The molecule has 0 saturated heterocycles. The molecule has 0 radical (unpaired) electrons. The maximum absolute atomic E-state index is 13.0. The second kappa shape index (κ2) is 8.29. The van der Waals surface area contributed by atoms with Crippen LogP contribution in [-0.2, 0) is 11.3 Å². The summed E-state index contributed by atoms with van der Waals surface area (Å²) in [5.41, 5.74) is 3.69. The van der Waals surface area contributed by atoms with Crippen LogP contribution in [0.15, 0.2) is 29.3 Å². The molecule has 3 heterocycles. The first-order chi connectivity index (χ1) is 15.1. The molecule has 1 saturated carbocycles. The van der Waals surface area contributed by atoms with Gasteiger partial charge < -0.3 is 15.0 Å². The highest BCUT2D eigenvalue weighted by atomic mass is 16.5.